The number of nitrogens with two attached hydrogens (primary N) is 1. The number of alkyl halides is 3. The normalized spacial score (nSPS) is 13.8. The van der Waals surface area contributed by atoms with Gasteiger partial charge in [0.25, 0.3) is 0 Å². The van der Waals surface area contributed by atoms with E-state index in [-0.39, 0.29) is 18.3 Å². The SMILES string of the molecule is NC(=NCc1ccc(OC(F)(F)F)cc1)Nc1ccc2c3c(cccc13)CC2. The average Bonchev–Trinajstić information content (AvgIpc) is 3.07. The van der Waals surface area contributed by atoms with Gasteiger partial charge >= 0.3 is 6.36 Å². The van der Waals surface area contributed by atoms with Crippen molar-refractivity contribution in [1.82, 2.24) is 0 Å². The number of halogens is 3. The van der Waals surface area contributed by atoms with Crippen LogP contribution in [0.4, 0.5) is 18.9 Å². The third-order valence-corrected chi connectivity index (χ3v) is 4.73. The van der Waals surface area contributed by atoms with E-state index in [1.807, 2.05) is 12.1 Å². The Balaban J connectivity index is 1.47. The highest BCUT2D eigenvalue weighted by Crippen LogP contribution is 2.34. The molecule has 0 aromatic heterocycles. The summed E-state index contributed by atoms with van der Waals surface area (Å²) >= 11 is 0. The summed E-state index contributed by atoms with van der Waals surface area (Å²) in [5.74, 6) is -0.0199. The minimum Gasteiger partial charge on any atom is -0.406 e. The predicted octanol–water partition coefficient (Wildman–Crippen LogP) is 4.76. The zero-order valence-corrected chi connectivity index (χ0v) is 14.9. The lowest BCUT2D eigenvalue weighted by Crippen LogP contribution is -2.22. The van der Waals surface area contributed by atoms with E-state index in [1.165, 1.54) is 40.8 Å². The van der Waals surface area contributed by atoms with Gasteiger partial charge in [-0.05, 0) is 53.1 Å². The third kappa shape index (κ3) is 3.88. The van der Waals surface area contributed by atoms with E-state index in [0.29, 0.717) is 0 Å². The number of aryl methyl sites for hydroxylation is 2. The highest BCUT2D eigenvalue weighted by Gasteiger charge is 2.30. The number of ether oxygens (including phenoxy) is 1. The molecule has 3 aromatic rings. The fraction of sp³-hybridized carbons (Fsp3) is 0.190. The largest absolute Gasteiger partial charge is 0.573 e. The molecule has 1 aliphatic rings. The molecule has 144 valence electrons. The van der Waals surface area contributed by atoms with Crippen LogP contribution < -0.4 is 15.8 Å². The summed E-state index contributed by atoms with van der Waals surface area (Å²) in [5.41, 5.74) is 10.3. The van der Waals surface area contributed by atoms with Gasteiger partial charge in [0.15, 0.2) is 5.96 Å². The number of hydrogen-bond donors (Lipinski definition) is 2. The second-order valence-corrected chi connectivity index (χ2v) is 6.63. The molecule has 0 bridgehead atoms. The molecular weight excluding hydrogens is 367 g/mol. The highest BCUT2D eigenvalue weighted by molar-refractivity contribution is 6.05. The van der Waals surface area contributed by atoms with Crippen LogP contribution in [0.5, 0.6) is 5.75 Å². The van der Waals surface area contributed by atoms with Crippen molar-refractivity contribution in [3.8, 4) is 5.75 Å². The van der Waals surface area contributed by atoms with Crippen molar-refractivity contribution in [3.05, 3.63) is 71.3 Å². The van der Waals surface area contributed by atoms with E-state index in [2.05, 4.69) is 33.2 Å². The Morgan fingerprint density at radius 1 is 1.00 bits per heavy atom. The van der Waals surface area contributed by atoms with Gasteiger partial charge in [0.1, 0.15) is 5.75 Å². The highest BCUT2D eigenvalue weighted by atomic mass is 19.4. The first-order valence-corrected chi connectivity index (χ1v) is 8.84. The molecule has 0 unspecified atom stereocenters. The van der Waals surface area contributed by atoms with Crippen LogP contribution >= 0.6 is 0 Å². The van der Waals surface area contributed by atoms with Crippen molar-refractivity contribution in [2.24, 2.45) is 10.7 Å². The topological polar surface area (TPSA) is 59.6 Å². The second-order valence-electron chi connectivity index (χ2n) is 6.63. The molecular formula is C21H18F3N3O. The lowest BCUT2D eigenvalue weighted by atomic mass is 10.0. The summed E-state index contributed by atoms with van der Waals surface area (Å²) in [5, 5.41) is 5.52. The molecule has 1 aliphatic carbocycles. The van der Waals surface area contributed by atoms with Crippen molar-refractivity contribution in [2.45, 2.75) is 25.7 Å². The Bertz CT molecular complexity index is 1030. The van der Waals surface area contributed by atoms with Gasteiger partial charge in [-0.1, -0.05) is 36.4 Å². The van der Waals surface area contributed by atoms with Crippen LogP contribution in [0, 0.1) is 0 Å². The summed E-state index contributed by atoms with van der Waals surface area (Å²) in [7, 11) is 0. The smallest absolute Gasteiger partial charge is 0.406 e. The fourth-order valence-electron chi connectivity index (χ4n) is 3.51. The summed E-state index contributed by atoms with van der Waals surface area (Å²) in [6.07, 6.45) is -2.60. The Morgan fingerprint density at radius 2 is 1.71 bits per heavy atom. The average molecular weight is 385 g/mol. The summed E-state index contributed by atoms with van der Waals surface area (Å²) < 4.78 is 40.4. The minimum atomic E-state index is -4.70. The fourth-order valence-corrected chi connectivity index (χ4v) is 3.51. The van der Waals surface area contributed by atoms with Crippen LogP contribution in [0.2, 0.25) is 0 Å². The van der Waals surface area contributed by atoms with E-state index >= 15 is 0 Å². The van der Waals surface area contributed by atoms with Gasteiger partial charge in [0, 0.05) is 11.1 Å². The minimum absolute atomic E-state index is 0.242. The number of nitrogens with one attached hydrogen (secondary N) is 1. The lowest BCUT2D eigenvalue weighted by molar-refractivity contribution is -0.274. The molecule has 4 rings (SSSR count). The van der Waals surface area contributed by atoms with Gasteiger partial charge in [0.2, 0.25) is 0 Å². The zero-order chi connectivity index (χ0) is 19.7. The monoisotopic (exact) mass is 385 g/mol. The van der Waals surface area contributed by atoms with E-state index in [9.17, 15) is 13.2 Å². The van der Waals surface area contributed by atoms with Crippen LogP contribution in [0.25, 0.3) is 10.8 Å². The maximum absolute atomic E-state index is 12.2. The molecule has 3 N–H and O–H groups in total. The lowest BCUT2D eigenvalue weighted by Gasteiger charge is -2.11. The third-order valence-electron chi connectivity index (χ3n) is 4.73. The van der Waals surface area contributed by atoms with Gasteiger partial charge in [-0.15, -0.1) is 13.2 Å². The first-order valence-electron chi connectivity index (χ1n) is 8.84. The Labute approximate surface area is 159 Å². The molecule has 3 aromatic carbocycles. The van der Waals surface area contributed by atoms with Crippen molar-refractivity contribution in [2.75, 3.05) is 5.32 Å². The Kier molecular flexibility index (Phi) is 4.58. The van der Waals surface area contributed by atoms with Gasteiger partial charge in [-0.2, -0.15) is 0 Å². The molecule has 4 nitrogen and oxygen atoms in total. The predicted molar refractivity (Wildman–Crippen MR) is 103 cm³/mol. The summed E-state index contributed by atoms with van der Waals surface area (Å²) in [4.78, 5) is 4.28. The van der Waals surface area contributed by atoms with Crippen molar-refractivity contribution in [1.29, 1.82) is 0 Å². The molecule has 0 atom stereocenters. The molecule has 0 saturated carbocycles. The van der Waals surface area contributed by atoms with E-state index < -0.39 is 6.36 Å². The molecule has 0 saturated heterocycles. The number of anilines is 1. The quantitative estimate of drug-likeness (QED) is 0.503. The molecule has 0 fully saturated rings. The molecule has 0 spiro atoms. The summed E-state index contributed by atoms with van der Waals surface area (Å²) in [6, 6.07) is 15.9. The standard InChI is InChI=1S/C21H18F3N3O/c22-21(23,24)28-16-9-4-13(5-10-16)12-26-20(25)27-18-11-8-15-7-6-14-2-1-3-17(18)19(14)15/h1-5,8-11H,6-7,12H2,(H3,25,26,27). The summed E-state index contributed by atoms with van der Waals surface area (Å²) in [6.45, 7) is 0.242. The molecule has 0 radical (unpaired) electrons. The first kappa shape index (κ1) is 18.2. The number of benzene rings is 3. The number of hydrogen-bond acceptors (Lipinski definition) is 2. The van der Waals surface area contributed by atoms with E-state index in [0.717, 1.165) is 29.5 Å². The molecule has 7 heteroatoms. The van der Waals surface area contributed by atoms with Crippen molar-refractivity contribution < 1.29 is 17.9 Å². The van der Waals surface area contributed by atoms with E-state index in [4.69, 9.17) is 5.73 Å². The van der Waals surface area contributed by atoms with Gasteiger partial charge in [-0.25, -0.2) is 4.99 Å². The maximum atomic E-state index is 12.2. The van der Waals surface area contributed by atoms with Gasteiger partial charge in [-0.3, -0.25) is 0 Å². The van der Waals surface area contributed by atoms with Crippen LogP contribution in [0.15, 0.2) is 59.6 Å². The molecule has 0 heterocycles. The van der Waals surface area contributed by atoms with Gasteiger partial charge in [0.05, 0.1) is 6.54 Å². The van der Waals surface area contributed by atoms with Crippen LogP contribution in [0.1, 0.15) is 16.7 Å². The molecule has 0 aliphatic heterocycles. The maximum Gasteiger partial charge on any atom is 0.573 e. The van der Waals surface area contributed by atoms with Crippen molar-refractivity contribution in [3.63, 3.8) is 0 Å². The number of guanidine groups is 1. The Hall–Kier alpha value is -3.22. The van der Waals surface area contributed by atoms with Crippen LogP contribution in [0.3, 0.4) is 0 Å². The Morgan fingerprint density at radius 3 is 2.43 bits per heavy atom. The zero-order valence-electron chi connectivity index (χ0n) is 14.9. The number of rotatable bonds is 4. The first-order chi connectivity index (χ1) is 13.4. The number of nitrogens with zero attached hydrogens (tertiary/aromatic N) is 1. The van der Waals surface area contributed by atoms with Crippen LogP contribution in [-0.2, 0) is 19.4 Å². The number of aliphatic imine (C=N–C) groups is 1. The van der Waals surface area contributed by atoms with E-state index in [1.54, 1.807) is 0 Å². The molecule has 0 amide bonds. The van der Waals surface area contributed by atoms with Gasteiger partial charge < -0.3 is 15.8 Å². The van der Waals surface area contributed by atoms with Crippen LogP contribution in [-0.4, -0.2) is 12.3 Å². The second kappa shape index (κ2) is 7.07. The van der Waals surface area contributed by atoms with Crippen molar-refractivity contribution >= 4 is 22.4 Å². The molecule has 28 heavy (non-hydrogen) atoms.